The molecule has 0 aromatic carbocycles. The molecule has 2 aromatic rings. The standard InChI is InChI=1S/C11H17N5S/c1-3-8(7-17-2)14-10-11-13-4-5-16(11)6-9(12)15-10/h4-6,8H,3,7,12H2,1-2H3,(H,14,15). The van der Waals surface area contributed by atoms with E-state index >= 15 is 0 Å². The Hall–Kier alpha value is -1.43. The Morgan fingerprint density at radius 1 is 1.59 bits per heavy atom. The maximum atomic E-state index is 5.77. The number of thioether (sulfide) groups is 1. The second kappa shape index (κ2) is 5.27. The van der Waals surface area contributed by atoms with Crippen molar-refractivity contribution in [3.8, 4) is 0 Å². The lowest BCUT2D eigenvalue weighted by atomic mass is 10.2. The number of hydrogen-bond acceptors (Lipinski definition) is 5. The van der Waals surface area contributed by atoms with Crippen molar-refractivity contribution in [1.82, 2.24) is 14.4 Å². The molecule has 17 heavy (non-hydrogen) atoms. The van der Waals surface area contributed by atoms with Crippen molar-refractivity contribution in [1.29, 1.82) is 0 Å². The SMILES string of the molecule is CCC(CSC)Nc1nc(N)cn2ccnc12. The van der Waals surface area contributed by atoms with Crippen LogP contribution < -0.4 is 11.1 Å². The Labute approximate surface area is 105 Å². The first-order chi connectivity index (χ1) is 8.24. The van der Waals surface area contributed by atoms with Crippen molar-refractivity contribution in [3.05, 3.63) is 18.6 Å². The van der Waals surface area contributed by atoms with Gasteiger partial charge in [-0.15, -0.1) is 0 Å². The highest BCUT2D eigenvalue weighted by Gasteiger charge is 2.11. The quantitative estimate of drug-likeness (QED) is 0.849. The van der Waals surface area contributed by atoms with Gasteiger partial charge in [-0.1, -0.05) is 6.92 Å². The summed E-state index contributed by atoms with van der Waals surface area (Å²) in [5.41, 5.74) is 6.59. The molecule has 1 atom stereocenters. The number of nitrogens with zero attached hydrogens (tertiary/aromatic N) is 3. The van der Waals surface area contributed by atoms with Gasteiger partial charge < -0.3 is 15.5 Å². The summed E-state index contributed by atoms with van der Waals surface area (Å²) in [7, 11) is 0. The molecule has 0 bridgehead atoms. The summed E-state index contributed by atoms with van der Waals surface area (Å²) in [6.07, 6.45) is 8.53. The summed E-state index contributed by atoms with van der Waals surface area (Å²) in [4.78, 5) is 8.60. The van der Waals surface area contributed by atoms with E-state index in [1.807, 2.05) is 22.4 Å². The largest absolute Gasteiger partial charge is 0.382 e. The smallest absolute Gasteiger partial charge is 0.180 e. The van der Waals surface area contributed by atoms with Gasteiger partial charge >= 0.3 is 0 Å². The van der Waals surface area contributed by atoms with E-state index in [-0.39, 0.29) is 0 Å². The van der Waals surface area contributed by atoms with Gasteiger partial charge in [0.05, 0.1) is 6.20 Å². The predicted molar refractivity (Wildman–Crippen MR) is 73.5 cm³/mol. The third-order valence-corrected chi connectivity index (χ3v) is 3.33. The molecule has 0 aliphatic carbocycles. The van der Waals surface area contributed by atoms with Gasteiger partial charge in [-0.05, 0) is 12.7 Å². The zero-order valence-electron chi connectivity index (χ0n) is 10.1. The first kappa shape index (κ1) is 12.0. The Balaban J connectivity index is 2.30. The summed E-state index contributed by atoms with van der Waals surface area (Å²) in [5.74, 6) is 2.30. The van der Waals surface area contributed by atoms with Gasteiger partial charge in [0.25, 0.3) is 0 Å². The van der Waals surface area contributed by atoms with Crippen LogP contribution in [0.15, 0.2) is 18.6 Å². The van der Waals surface area contributed by atoms with Crippen LogP contribution in [0.4, 0.5) is 11.6 Å². The van der Waals surface area contributed by atoms with Gasteiger partial charge in [0.2, 0.25) is 0 Å². The molecule has 0 saturated carbocycles. The highest BCUT2D eigenvalue weighted by atomic mass is 32.2. The molecule has 2 heterocycles. The maximum Gasteiger partial charge on any atom is 0.180 e. The van der Waals surface area contributed by atoms with Gasteiger partial charge in [0.1, 0.15) is 5.82 Å². The number of anilines is 2. The van der Waals surface area contributed by atoms with Crippen molar-refractivity contribution < 1.29 is 0 Å². The number of nitrogens with two attached hydrogens (primary N) is 1. The molecule has 0 amide bonds. The van der Waals surface area contributed by atoms with E-state index in [0.29, 0.717) is 11.9 Å². The van der Waals surface area contributed by atoms with E-state index < -0.39 is 0 Å². The second-order valence-electron chi connectivity index (χ2n) is 3.88. The molecule has 1 unspecified atom stereocenters. The molecule has 2 aromatic heterocycles. The molecule has 0 spiro atoms. The molecule has 0 aliphatic rings. The van der Waals surface area contributed by atoms with Crippen molar-refractivity contribution in [2.24, 2.45) is 0 Å². The first-order valence-electron chi connectivity index (χ1n) is 5.59. The Morgan fingerprint density at radius 3 is 3.12 bits per heavy atom. The van der Waals surface area contributed by atoms with Crippen molar-refractivity contribution in [2.75, 3.05) is 23.1 Å². The third-order valence-electron chi connectivity index (χ3n) is 2.59. The van der Waals surface area contributed by atoms with Crippen molar-refractivity contribution in [3.63, 3.8) is 0 Å². The average molecular weight is 251 g/mol. The zero-order valence-corrected chi connectivity index (χ0v) is 10.9. The number of aromatic nitrogens is 3. The Bertz CT molecular complexity index is 496. The van der Waals surface area contributed by atoms with Crippen LogP contribution in [0.3, 0.4) is 0 Å². The molecular weight excluding hydrogens is 234 g/mol. The van der Waals surface area contributed by atoms with E-state index in [1.54, 1.807) is 12.4 Å². The van der Waals surface area contributed by atoms with Crippen LogP contribution in [-0.4, -0.2) is 32.4 Å². The monoisotopic (exact) mass is 251 g/mol. The second-order valence-corrected chi connectivity index (χ2v) is 4.79. The molecular formula is C11H17N5S. The number of imidazole rings is 1. The first-order valence-corrected chi connectivity index (χ1v) is 6.98. The summed E-state index contributed by atoms with van der Waals surface area (Å²) < 4.78 is 1.89. The van der Waals surface area contributed by atoms with Crippen LogP contribution in [-0.2, 0) is 0 Å². The van der Waals surface area contributed by atoms with Crippen LogP contribution in [0.1, 0.15) is 13.3 Å². The van der Waals surface area contributed by atoms with Gasteiger partial charge in [0.15, 0.2) is 11.5 Å². The highest BCUT2D eigenvalue weighted by Crippen LogP contribution is 2.17. The molecule has 2 rings (SSSR count). The lowest BCUT2D eigenvalue weighted by molar-refractivity contribution is 0.770. The fraction of sp³-hybridized carbons (Fsp3) is 0.455. The molecule has 0 aliphatic heterocycles. The van der Waals surface area contributed by atoms with Crippen LogP contribution in [0.5, 0.6) is 0 Å². The molecule has 3 N–H and O–H groups in total. The van der Waals surface area contributed by atoms with Crippen LogP contribution in [0, 0.1) is 0 Å². The van der Waals surface area contributed by atoms with Crippen LogP contribution >= 0.6 is 11.8 Å². The molecule has 5 nitrogen and oxygen atoms in total. The van der Waals surface area contributed by atoms with E-state index in [2.05, 4.69) is 28.5 Å². The maximum absolute atomic E-state index is 5.77. The Morgan fingerprint density at radius 2 is 2.41 bits per heavy atom. The molecule has 6 heteroatoms. The predicted octanol–water partition coefficient (Wildman–Crippen LogP) is 1.86. The summed E-state index contributed by atoms with van der Waals surface area (Å²) in [6.45, 7) is 2.16. The van der Waals surface area contributed by atoms with E-state index in [9.17, 15) is 0 Å². The van der Waals surface area contributed by atoms with Crippen molar-refractivity contribution in [2.45, 2.75) is 19.4 Å². The van der Waals surface area contributed by atoms with Crippen LogP contribution in [0.2, 0.25) is 0 Å². The number of rotatable bonds is 5. The normalized spacial score (nSPS) is 12.8. The van der Waals surface area contributed by atoms with Gasteiger partial charge in [-0.3, -0.25) is 0 Å². The molecule has 0 saturated heterocycles. The van der Waals surface area contributed by atoms with E-state index in [0.717, 1.165) is 23.6 Å². The molecule has 0 radical (unpaired) electrons. The van der Waals surface area contributed by atoms with Gasteiger partial charge in [-0.2, -0.15) is 11.8 Å². The summed E-state index contributed by atoms with van der Waals surface area (Å²) >= 11 is 1.82. The minimum Gasteiger partial charge on any atom is -0.382 e. The minimum absolute atomic E-state index is 0.389. The molecule has 0 fully saturated rings. The van der Waals surface area contributed by atoms with E-state index in [4.69, 9.17) is 5.73 Å². The van der Waals surface area contributed by atoms with E-state index in [1.165, 1.54) is 0 Å². The van der Waals surface area contributed by atoms with Gasteiger partial charge in [0, 0.05) is 24.2 Å². The summed E-state index contributed by atoms with van der Waals surface area (Å²) in [5, 5.41) is 3.40. The number of nitrogens with one attached hydrogen (secondary N) is 1. The zero-order chi connectivity index (χ0) is 12.3. The topological polar surface area (TPSA) is 68.2 Å². The third kappa shape index (κ3) is 2.63. The number of hydrogen-bond donors (Lipinski definition) is 2. The lowest BCUT2D eigenvalue weighted by Gasteiger charge is -2.16. The number of fused-ring (bicyclic) bond motifs is 1. The number of nitrogen functional groups attached to an aromatic ring is 1. The average Bonchev–Trinajstić information content (AvgIpc) is 2.76. The Kier molecular flexibility index (Phi) is 3.73. The molecule has 92 valence electrons. The minimum atomic E-state index is 0.389. The highest BCUT2D eigenvalue weighted by molar-refractivity contribution is 7.98. The van der Waals surface area contributed by atoms with Gasteiger partial charge in [-0.25, -0.2) is 9.97 Å². The fourth-order valence-corrected chi connectivity index (χ4v) is 2.43. The fourth-order valence-electron chi connectivity index (χ4n) is 1.70. The summed E-state index contributed by atoms with van der Waals surface area (Å²) in [6, 6.07) is 0.389. The lowest BCUT2D eigenvalue weighted by Crippen LogP contribution is -2.22. The van der Waals surface area contributed by atoms with Crippen LogP contribution in [0.25, 0.3) is 5.65 Å². The van der Waals surface area contributed by atoms with Crippen molar-refractivity contribution >= 4 is 29.0 Å².